The van der Waals surface area contributed by atoms with Gasteiger partial charge in [-0.3, -0.25) is 0 Å². The van der Waals surface area contributed by atoms with Crippen LogP contribution in [-0.4, -0.2) is 28.9 Å². The Morgan fingerprint density at radius 3 is 2.94 bits per heavy atom. The van der Waals surface area contributed by atoms with E-state index in [-0.39, 0.29) is 11.7 Å². The first-order chi connectivity index (χ1) is 8.65. The van der Waals surface area contributed by atoms with Gasteiger partial charge in [-0.05, 0) is 18.2 Å². The fourth-order valence-corrected chi connectivity index (χ4v) is 1.47. The van der Waals surface area contributed by atoms with Crippen molar-refractivity contribution in [3.8, 4) is 22.9 Å². The maximum Gasteiger partial charge on any atom is 0.231 e. The van der Waals surface area contributed by atoms with Crippen molar-refractivity contribution >= 4 is 0 Å². The molecule has 1 atom stereocenters. The SMILES string of the molecule is COc1cc(-c2noc(C(C)CN)n2)ccc1O. The zero-order valence-corrected chi connectivity index (χ0v) is 10.3. The predicted molar refractivity (Wildman–Crippen MR) is 65.4 cm³/mol. The lowest BCUT2D eigenvalue weighted by Crippen LogP contribution is -2.08. The van der Waals surface area contributed by atoms with Crippen LogP contribution in [0.2, 0.25) is 0 Å². The molecule has 6 heteroatoms. The summed E-state index contributed by atoms with van der Waals surface area (Å²) in [5.74, 6) is 1.40. The van der Waals surface area contributed by atoms with Gasteiger partial charge in [-0.15, -0.1) is 0 Å². The minimum Gasteiger partial charge on any atom is -0.504 e. The fraction of sp³-hybridized carbons (Fsp3) is 0.333. The summed E-state index contributed by atoms with van der Waals surface area (Å²) in [6, 6.07) is 4.87. The third-order valence-electron chi connectivity index (χ3n) is 2.65. The van der Waals surface area contributed by atoms with E-state index in [0.29, 0.717) is 29.6 Å². The molecular weight excluding hydrogens is 234 g/mol. The molecule has 1 aromatic carbocycles. The van der Waals surface area contributed by atoms with Crippen LogP contribution in [0.25, 0.3) is 11.4 Å². The number of hydrogen-bond acceptors (Lipinski definition) is 6. The van der Waals surface area contributed by atoms with E-state index in [0.717, 1.165) is 0 Å². The Bertz CT molecular complexity index is 539. The van der Waals surface area contributed by atoms with Gasteiger partial charge in [0.15, 0.2) is 11.5 Å². The second kappa shape index (κ2) is 5.05. The van der Waals surface area contributed by atoms with Crippen molar-refractivity contribution in [2.45, 2.75) is 12.8 Å². The Morgan fingerprint density at radius 2 is 2.28 bits per heavy atom. The molecule has 1 heterocycles. The summed E-state index contributed by atoms with van der Waals surface area (Å²) in [6.45, 7) is 2.36. The van der Waals surface area contributed by atoms with Crippen molar-refractivity contribution in [1.82, 2.24) is 10.1 Å². The van der Waals surface area contributed by atoms with Gasteiger partial charge >= 0.3 is 0 Å². The molecule has 0 amide bonds. The van der Waals surface area contributed by atoms with Gasteiger partial charge in [-0.25, -0.2) is 0 Å². The molecule has 18 heavy (non-hydrogen) atoms. The molecule has 0 aliphatic heterocycles. The van der Waals surface area contributed by atoms with Crippen molar-refractivity contribution in [2.75, 3.05) is 13.7 Å². The van der Waals surface area contributed by atoms with Crippen molar-refractivity contribution < 1.29 is 14.4 Å². The molecule has 0 radical (unpaired) electrons. The number of benzene rings is 1. The van der Waals surface area contributed by atoms with Gasteiger partial charge in [0.05, 0.1) is 7.11 Å². The highest BCUT2D eigenvalue weighted by molar-refractivity contribution is 5.60. The monoisotopic (exact) mass is 249 g/mol. The van der Waals surface area contributed by atoms with Gasteiger partial charge in [0, 0.05) is 18.0 Å². The minimum absolute atomic E-state index is 0.0188. The molecule has 0 spiro atoms. The molecule has 0 saturated heterocycles. The highest BCUT2D eigenvalue weighted by atomic mass is 16.5. The van der Waals surface area contributed by atoms with Gasteiger partial charge in [-0.1, -0.05) is 12.1 Å². The summed E-state index contributed by atoms with van der Waals surface area (Å²) in [5, 5.41) is 13.4. The summed E-state index contributed by atoms with van der Waals surface area (Å²) in [6.07, 6.45) is 0. The third-order valence-corrected chi connectivity index (χ3v) is 2.65. The Morgan fingerprint density at radius 1 is 1.50 bits per heavy atom. The van der Waals surface area contributed by atoms with Crippen molar-refractivity contribution in [3.05, 3.63) is 24.1 Å². The molecule has 0 bridgehead atoms. The van der Waals surface area contributed by atoms with E-state index in [1.807, 2.05) is 6.92 Å². The Kier molecular flexibility index (Phi) is 3.47. The van der Waals surface area contributed by atoms with Crippen LogP contribution in [0.3, 0.4) is 0 Å². The summed E-state index contributed by atoms with van der Waals surface area (Å²) < 4.78 is 10.2. The summed E-state index contributed by atoms with van der Waals surface area (Å²) >= 11 is 0. The van der Waals surface area contributed by atoms with Gasteiger partial charge in [0.25, 0.3) is 0 Å². The second-order valence-electron chi connectivity index (χ2n) is 3.98. The van der Waals surface area contributed by atoms with E-state index in [1.165, 1.54) is 13.2 Å². The number of phenolic OH excluding ortho intramolecular Hbond substituents is 1. The lowest BCUT2D eigenvalue weighted by Gasteiger charge is -2.03. The lowest BCUT2D eigenvalue weighted by molar-refractivity contribution is 0.361. The lowest BCUT2D eigenvalue weighted by atomic mass is 10.1. The number of nitrogens with two attached hydrogens (primary N) is 1. The zero-order valence-electron chi connectivity index (χ0n) is 10.3. The van der Waals surface area contributed by atoms with Crippen LogP contribution in [0.15, 0.2) is 22.7 Å². The summed E-state index contributed by atoms with van der Waals surface area (Å²) in [7, 11) is 1.48. The maximum absolute atomic E-state index is 9.51. The van der Waals surface area contributed by atoms with Crippen LogP contribution >= 0.6 is 0 Å². The van der Waals surface area contributed by atoms with Crippen LogP contribution in [0.5, 0.6) is 11.5 Å². The van der Waals surface area contributed by atoms with Crippen molar-refractivity contribution in [1.29, 1.82) is 0 Å². The molecule has 0 aliphatic carbocycles. The van der Waals surface area contributed by atoms with E-state index in [4.69, 9.17) is 15.0 Å². The fourth-order valence-electron chi connectivity index (χ4n) is 1.47. The third kappa shape index (κ3) is 2.28. The first-order valence-electron chi connectivity index (χ1n) is 5.56. The first kappa shape index (κ1) is 12.4. The maximum atomic E-state index is 9.51. The Labute approximate surface area is 104 Å². The number of methoxy groups -OCH3 is 1. The number of hydrogen-bond donors (Lipinski definition) is 2. The molecule has 96 valence electrons. The van der Waals surface area contributed by atoms with Gasteiger partial charge in [0.2, 0.25) is 11.7 Å². The van der Waals surface area contributed by atoms with E-state index < -0.39 is 0 Å². The molecule has 2 rings (SSSR count). The van der Waals surface area contributed by atoms with E-state index in [2.05, 4.69) is 10.1 Å². The average molecular weight is 249 g/mol. The molecule has 1 unspecified atom stereocenters. The largest absolute Gasteiger partial charge is 0.504 e. The molecular formula is C12H15N3O3. The van der Waals surface area contributed by atoms with E-state index in [9.17, 15) is 5.11 Å². The number of rotatable bonds is 4. The molecule has 3 N–H and O–H groups in total. The molecule has 0 aliphatic rings. The molecule has 0 saturated carbocycles. The van der Waals surface area contributed by atoms with Crippen LogP contribution in [0.1, 0.15) is 18.7 Å². The topological polar surface area (TPSA) is 94.4 Å². The van der Waals surface area contributed by atoms with Gasteiger partial charge < -0.3 is 20.1 Å². The van der Waals surface area contributed by atoms with Crippen LogP contribution in [0.4, 0.5) is 0 Å². The number of phenols is 1. The van der Waals surface area contributed by atoms with E-state index in [1.54, 1.807) is 12.1 Å². The second-order valence-corrected chi connectivity index (χ2v) is 3.98. The first-order valence-corrected chi connectivity index (χ1v) is 5.56. The molecule has 0 fully saturated rings. The molecule has 1 aromatic heterocycles. The van der Waals surface area contributed by atoms with E-state index >= 15 is 0 Å². The van der Waals surface area contributed by atoms with Gasteiger partial charge in [0.1, 0.15) is 0 Å². The number of nitrogens with zero attached hydrogens (tertiary/aromatic N) is 2. The highest BCUT2D eigenvalue weighted by Crippen LogP contribution is 2.30. The normalized spacial score (nSPS) is 12.4. The average Bonchev–Trinajstić information content (AvgIpc) is 2.88. The van der Waals surface area contributed by atoms with Crippen molar-refractivity contribution in [2.24, 2.45) is 5.73 Å². The standard InChI is InChI=1S/C12H15N3O3/c1-7(6-13)12-14-11(15-18-12)8-3-4-9(16)10(5-8)17-2/h3-5,7,16H,6,13H2,1-2H3. The quantitative estimate of drug-likeness (QED) is 0.853. The smallest absolute Gasteiger partial charge is 0.231 e. The summed E-state index contributed by atoms with van der Waals surface area (Å²) in [4.78, 5) is 4.26. The van der Waals surface area contributed by atoms with Gasteiger partial charge in [-0.2, -0.15) is 4.98 Å². The Hall–Kier alpha value is -2.08. The number of aromatic hydroxyl groups is 1. The van der Waals surface area contributed by atoms with Crippen LogP contribution in [0, 0.1) is 0 Å². The zero-order chi connectivity index (χ0) is 13.1. The molecule has 2 aromatic rings. The van der Waals surface area contributed by atoms with Crippen LogP contribution in [-0.2, 0) is 0 Å². The van der Waals surface area contributed by atoms with Crippen molar-refractivity contribution in [3.63, 3.8) is 0 Å². The molecule has 6 nitrogen and oxygen atoms in total. The minimum atomic E-state index is 0.0188. The predicted octanol–water partition coefficient (Wildman–Crippen LogP) is 1.51. The van der Waals surface area contributed by atoms with Crippen LogP contribution < -0.4 is 10.5 Å². The highest BCUT2D eigenvalue weighted by Gasteiger charge is 2.15. The number of aromatic nitrogens is 2. The number of ether oxygens (including phenoxy) is 1. The summed E-state index contributed by atoms with van der Waals surface area (Å²) in [5.41, 5.74) is 6.25. The Balaban J connectivity index is 2.34.